The summed E-state index contributed by atoms with van der Waals surface area (Å²) in [5.74, 6) is 0. The molecule has 0 bridgehead atoms. The van der Waals surface area contributed by atoms with Gasteiger partial charge in [-0.2, -0.15) is 0 Å². The van der Waals surface area contributed by atoms with Crippen molar-refractivity contribution in [2.75, 3.05) is 13.1 Å². The number of nitrogens with two attached hydrogens (primary N) is 1. The van der Waals surface area contributed by atoms with E-state index in [0.29, 0.717) is 0 Å². The van der Waals surface area contributed by atoms with E-state index in [1.165, 1.54) is 16.7 Å². The van der Waals surface area contributed by atoms with Crippen molar-refractivity contribution in [3.8, 4) is 11.1 Å². The Morgan fingerprint density at radius 3 is 2.43 bits per heavy atom. The minimum absolute atomic E-state index is 0.222. The van der Waals surface area contributed by atoms with Crippen LogP contribution in [0.25, 0.3) is 11.1 Å². The zero-order chi connectivity index (χ0) is 16.1. The van der Waals surface area contributed by atoms with Crippen molar-refractivity contribution in [2.45, 2.75) is 25.4 Å². The molecular weight excluding hydrogens is 286 g/mol. The van der Waals surface area contributed by atoms with Crippen LogP contribution in [0.15, 0.2) is 54.6 Å². The summed E-state index contributed by atoms with van der Waals surface area (Å²) in [5.41, 5.74) is 9.02. The quantitative estimate of drug-likeness (QED) is 0.912. The maximum Gasteiger partial charge on any atom is 0.312 e. The number of carbonyl (C=O) groups excluding carboxylic acids is 1. The summed E-state index contributed by atoms with van der Waals surface area (Å²) in [4.78, 5) is 13.3. The summed E-state index contributed by atoms with van der Waals surface area (Å²) >= 11 is 0. The van der Waals surface area contributed by atoms with Gasteiger partial charge >= 0.3 is 6.03 Å². The number of carbonyl (C=O) groups is 1. The molecule has 0 atom stereocenters. The standard InChI is InChI=1S/C19H23N3O/c20-19(23)21-18-9-11-22(12-10-18)14-15-5-4-8-17(13-15)16-6-2-1-3-7-16/h1-8,13,18H,9-12,14H2,(H3,20,21,23). The fraction of sp³-hybridized carbons (Fsp3) is 0.316. The van der Waals surface area contributed by atoms with Gasteiger partial charge in [0.05, 0.1) is 0 Å². The maximum atomic E-state index is 10.9. The molecule has 4 nitrogen and oxygen atoms in total. The summed E-state index contributed by atoms with van der Waals surface area (Å²) < 4.78 is 0. The highest BCUT2D eigenvalue weighted by Crippen LogP contribution is 2.21. The number of nitrogens with zero attached hydrogens (tertiary/aromatic N) is 1. The maximum absolute atomic E-state index is 10.9. The zero-order valence-electron chi connectivity index (χ0n) is 13.2. The van der Waals surface area contributed by atoms with E-state index in [9.17, 15) is 4.79 Å². The van der Waals surface area contributed by atoms with Crippen LogP contribution in [-0.2, 0) is 6.54 Å². The molecular formula is C19H23N3O. The van der Waals surface area contributed by atoms with Crippen LogP contribution in [0.4, 0.5) is 4.79 Å². The molecule has 3 N–H and O–H groups in total. The fourth-order valence-corrected chi connectivity index (χ4v) is 3.17. The average molecular weight is 309 g/mol. The first-order valence-corrected chi connectivity index (χ1v) is 8.13. The SMILES string of the molecule is NC(=O)NC1CCN(Cc2cccc(-c3ccccc3)c2)CC1. The number of urea groups is 1. The number of hydrogen-bond donors (Lipinski definition) is 2. The number of hydrogen-bond acceptors (Lipinski definition) is 2. The second-order valence-electron chi connectivity index (χ2n) is 6.13. The smallest absolute Gasteiger partial charge is 0.312 e. The molecule has 2 amide bonds. The number of nitrogens with one attached hydrogen (secondary N) is 1. The van der Waals surface area contributed by atoms with Gasteiger partial charge in [0, 0.05) is 25.7 Å². The van der Waals surface area contributed by atoms with Crippen LogP contribution in [0.2, 0.25) is 0 Å². The average Bonchev–Trinajstić information content (AvgIpc) is 2.57. The molecule has 0 saturated carbocycles. The monoisotopic (exact) mass is 309 g/mol. The lowest BCUT2D eigenvalue weighted by molar-refractivity contribution is 0.189. The predicted molar refractivity (Wildman–Crippen MR) is 92.9 cm³/mol. The Bertz CT molecular complexity index is 649. The first-order valence-electron chi connectivity index (χ1n) is 8.13. The lowest BCUT2D eigenvalue weighted by atomic mass is 10.0. The van der Waals surface area contributed by atoms with Crippen molar-refractivity contribution in [1.82, 2.24) is 10.2 Å². The topological polar surface area (TPSA) is 58.4 Å². The first kappa shape index (κ1) is 15.6. The van der Waals surface area contributed by atoms with Crippen molar-refractivity contribution in [2.24, 2.45) is 5.73 Å². The minimum Gasteiger partial charge on any atom is -0.352 e. The second-order valence-corrected chi connectivity index (χ2v) is 6.13. The van der Waals surface area contributed by atoms with Crippen LogP contribution >= 0.6 is 0 Å². The van der Waals surface area contributed by atoms with Crippen molar-refractivity contribution < 1.29 is 4.79 Å². The molecule has 0 radical (unpaired) electrons. The molecule has 1 saturated heterocycles. The van der Waals surface area contributed by atoms with Crippen LogP contribution in [0.1, 0.15) is 18.4 Å². The number of primary amides is 1. The van der Waals surface area contributed by atoms with Crippen LogP contribution in [0, 0.1) is 0 Å². The van der Waals surface area contributed by atoms with E-state index in [1.807, 2.05) is 6.07 Å². The first-order chi connectivity index (χ1) is 11.2. The van der Waals surface area contributed by atoms with Gasteiger partial charge in [0.1, 0.15) is 0 Å². The molecule has 4 heteroatoms. The van der Waals surface area contributed by atoms with E-state index in [4.69, 9.17) is 5.73 Å². The molecule has 1 fully saturated rings. The predicted octanol–water partition coefficient (Wildman–Crippen LogP) is 2.99. The van der Waals surface area contributed by atoms with Gasteiger partial charge in [-0.05, 0) is 35.6 Å². The number of piperidine rings is 1. The molecule has 1 heterocycles. The Balaban J connectivity index is 1.60. The third-order valence-corrected chi connectivity index (χ3v) is 4.37. The van der Waals surface area contributed by atoms with Crippen molar-refractivity contribution in [1.29, 1.82) is 0 Å². The van der Waals surface area contributed by atoms with Crippen molar-refractivity contribution in [3.63, 3.8) is 0 Å². The number of benzene rings is 2. The van der Waals surface area contributed by atoms with Gasteiger partial charge in [0.2, 0.25) is 0 Å². The highest BCUT2D eigenvalue weighted by atomic mass is 16.2. The summed E-state index contributed by atoms with van der Waals surface area (Å²) in [6, 6.07) is 19.0. The molecule has 0 spiro atoms. The van der Waals surface area contributed by atoms with Crippen LogP contribution in [0.3, 0.4) is 0 Å². The lowest BCUT2D eigenvalue weighted by Gasteiger charge is -2.32. The molecule has 2 aromatic carbocycles. The Morgan fingerprint density at radius 2 is 1.74 bits per heavy atom. The molecule has 0 aliphatic carbocycles. The largest absolute Gasteiger partial charge is 0.352 e. The van der Waals surface area contributed by atoms with Crippen molar-refractivity contribution in [3.05, 3.63) is 60.2 Å². The Hall–Kier alpha value is -2.33. The summed E-state index contributed by atoms with van der Waals surface area (Å²) in [6.45, 7) is 2.92. The molecule has 120 valence electrons. The molecule has 1 aliphatic heterocycles. The highest BCUT2D eigenvalue weighted by Gasteiger charge is 2.19. The summed E-state index contributed by atoms with van der Waals surface area (Å²) in [7, 11) is 0. The van der Waals surface area contributed by atoms with E-state index in [-0.39, 0.29) is 6.04 Å². The Morgan fingerprint density at radius 1 is 1.04 bits per heavy atom. The molecule has 0 aromatic heterocycles. The zero-order valence-corrected chi connectivity index (χ0v) is 13.2. The van der Waals surface area contributed by atoms with E-state index in [2.05, 4.69) is 58.7 Å². The molecule has 23 heavy (non-hydrogen) atoms. The fourth-order valence-electron chi connectivity index (χ4n) is 3.17. The van der Waals surface area contributed by atoms with Gasteiger partial charge in [-0.15, -0.1) is 0 Å². The molecule has 2 aromatic rings. The number of amides is 2. The third-order valence-electron chi connectivity index (χ3n) is 4.37. The highest BCUT2D eigenvalue weighted by molar-refractivity contribution is 5.71. The number of rotatable bonds is 4. The summed E-state index contributed by atoms with van der Waals surface area (Å²) in [6.07, 6.45) is 1.92. The van der Waals surface area contributed by atoms with Crippen LogP contribution in [-0.4, -0.2) is 30.1 Å². The Labute approximate surface area is 137 Å². The Kier molecular flexibility index (Phi) is 4.93. The van der Waals surface area contributed by atoms with E-state index < -0.39 is 6.03 Å². The molecule has 1 aliphatic rings. The van der Waals surface area contributed by atoms with Gasteiger partial charge in [0.15, 0.2) is 0 Å². The molecule has 0 unspecified atom stereocenters. The van der Waals surface area contributed by atoms with E-state index in [0.717, 1.165) is 32.5 Å². The van der Waals surface area contributed by atoms with Crippen molar-refractivity contribution >= 4 is 6.03 Å². The lowest BCUT2D eigenvalue weighted by Crippen LogP contribution is -2.46. The third kappa shape index (κ3) is 4.33. The van der Waals surface area contributed by atoms with Crippen LogP contribution in [0.5, 0.6) is 0 Å². The number of likely N-dealkylation sites (tertiary alicyclic amines) is 1. The van der Waals surface area contributed by atoms with Gasteiger partial charge in [-0.25, -0.2) is 4.79 Å². The van der Waals surface area contributed by atoms with Gasteiger partial charge in [-0.3, -0.25) is 4.90 Å². The van der Waals surface area contributed by atoms with Crippen LogP contribution < -0.4 is 11.1 Å². The minimum atomic E-state index is -0.418. The summed E-state index contributed by atoms with van der Waals surface area (Å²) in [5, 5.41) is 2.81. The second kappa shape index (κ2) is 7.29. The molecule has 3 rings (SSSR count). The van der Waals surface area contributed by atoms with Gasteiger partial charge in [-0.1, -0.05) is 48.5 Å². The van der Waals surface area contributed by atoms with Gasteiger partial charge in [0.25, 0.3) is 0 Å². The normalized spacial score (nSPS) is 16.2. The van der Waals surface area contributed by atoms with E-state index in [1.54, 1.807) is 0 Å². The van der Waals surface area contributed by atoms with E-state index >= 15 is 0 Å². The van der Waals surface area contributed by atoms with Gasteiger partial charge < -0.3 is 11.1 Å².